The van der Waals surface area contributed by atoms with E-state index < -0.39 is 0 Å². The van der Waals surface area contributed by atoms with E-state index in [-0.39, 0.29) is 11.9 Å². The Morgan fingerprint density at radius 2 is 1.89 bits per heavy atom. The molecule has 0 saturated carbocycles. The maximum absolute atomic E-state index is 11.6. The summed E-state index contributed by atoms with van der Waals surface area (Å²) in [4.78, 5) is 13.9. The van der Waals surface area contributed by atoms with E-state index in [4.69, 9.17) is 4.74 Å². The second-order valence-electron chi connectivity index (χ2n) is 4.44. The molecule has 3 nitrogen and oxygen atoms in total. The molecule has 1 atom stereocenters. The van der Waals surface area contributed by atoms with Gasteiger partial charge in [0, 0.05) is 18.8 Å². The van der Waals surface area contributed by atoms with Gasteiger partial charge in [-0.15, -0.1) is 0 Å². The molecule has 0 amide bonds. The Morgan fingerprint density at radius 1 is 1.28 bits per heavy atom. The van der Waals surface area contributed by atoms with Crippen LogP contribution in [-0.4, -0.2) is 25.7 Å². The van der Waals surface area contributed by atoms with E-state index in [9.17, 15) is 4.79 Å². The van der Waals surface area contributed by atoms with Crippen LogP contribution in [0.1, 0.15) is 25.3 Å². The van der Waals surface area contributed by atoms with Crippen LogP contribution in [0.25, 0.3) is 0 Å². The average molecular weight is 245 g/mol. The van der Waals surface area contributed by atoms with Crippen LogP contribution < -0.4 is 4.90 Å². The van der Waals surface area contributed by atoms with Crippen LogP contribution in [-0.2, 0) is 9.53 Å². The van der Waals surface area contributed by atoms with Gasteiger partial charge in [-0.25, -0.2) is 0 Å². The van der Waals surface area contributed by atoms with Crippen molar-refractivity contribution in [2.75, 3.05) is 24.6 Å². The first-order valence-electron chi connectivity index (χ1n) is 6.39. The van der Waals surface area contributed by atoms with Crippen LogP contribution in [0.3, 0.4) is 0 Å². The van der Waals surface area contributed by atoms with Gasteiger partial charge in [-0.3, -0.25) is 4.79 Å². The normalized spacial score (nSPS) is 15.8. The van der Waals surface area contributed by atoms with Crippen molar-refractivity contribution in [2.45, 2.75) is 19.8 Å². The van der Waals surface area contributed by atoms with E-state index in [1.807, 2.05) is 26.0 Å². The molecule has 1 aliphatic heterocycles. The van der Waals surface area contributed by atoms with Crippen molar-refractivity contribution in [1.82, 2.24) is 0 Å². The van der Waals surface area contributed by atoms with Gasteiger partial charge in [0.2, 0.25) is 0 Å². The van der Waals surface area contributed by atoms with Crippen molar-refractivity contribution in [3.05, 3.63) is 42.0 Å². The van der Waals surface area contributed by atoms with Gasteiger partial charge in [0.25, 0.3) is 0 Å². The van der Waals surface area contributed by atoms with Crippen molar-refractivity contribution in [3.63, 3.8) is 0 Å². The van der Waals surface area contributed by atoms with Gasteiger partial charge in [0.15, 0.2) is 0 Å². The van der Waals surface area contributed by atoms with E-state index >= 15 is 0 Å². The third-order valence-corrected chi connectivity index (χ3v) is 3.22. The van der Waals surface area contributed by atoms with E-state index in [0.717, 1.165) is 18.7 Å². The number of ether oxygens (including phenoxy) is 1. The predicted octanol–water partition coefficient (Wildman–Crippen LogP) is 2.73. The molecular formula is C15H19NO2. The molecule has 18 heavy (non-hydrogen) atoms. The van der Waals surface area contributed by atoms with Crippen molar-refractivity contribution in [3.8, 4) is 0 Å². The first-order chi connectivity index (χ1) is 8.72. The van der Waals surface area contributed by atoms with Crippen molar-refractivity contribution >= 4 is 11.7 Å². The molecule has 1 unspecified atom stereocenters. The minimum Gasteiger partial charge on any atom is -0.466 e. The summed E-state index contributed by atoms with van der Waals surface area (Å²) in [5.41, 5.74) is 2.20. The Kier molecular flexibility index (Phi) is 4.03. The van der Waals surface area contributed by atoms with Crippen LogP contribution in [0.4, 0.5) is 5.69 Å². The number of hydrogen-bond donors (Lipinski definition) is 0. The zero-order valence-corrected chi connectivity index (χ0v) is 10.9. The number of esters is 1. The van der Waals surface area contributed by atoms with E-state index in [1.54, 1.807) is 0 Å². The lowest BCUT2D eigenvalue weighted by molar-refractivity contribution is -0.144. The summed E-state index contributed by atoms with van der Waals surface area (Å²) < 4.78 is 5.03. The number of anilines is 1. The van der Waals surface area contributed by atoms with Crippen LogP contribution in [0, 0.1) is 0 Å². The molecule has 0 saturated heterocycles. The fourth-order valence-electron chi connectivity index (χ4n) is 2.07. The minimum atomic E-state index is -0.198. The van der Waals surface area contributed by atoms with Gasteiger partial charge in [0.1, 0.15) is 0 Å². The SMILES string of the molecule is CCOC(=O)C(C)c1ccc(N2CC=CC2)cc1. The first kappa shape index (κ1) is 12.7. The van der Waals surface area contributed by atoms with E-state index in [1.165, 1.54) is 5.69 Å². The molecule has 0 bridgehead atoms. The van der Waals surface area contributed by atoms with Crippen LogP contribution in [0.15, 0.2) is 36.4 Å². The van der Waals surface area contributed by atoms with Crippen molar-refractivity contribution in [2.24, 2.45) is 0 Å². The highest BCUT2D eigenvalue weighted by Gasteiger charge is 2.16. The topological polar surface area (TPSA) is 29.5 Å². The number of rotatable bonds is 4. The predicted molar refractivity (Wildman–Crippen MR) is 72.8 cm³/mol. The summed E-state index contributed by atoms with van der Waals surface area (Å²) in [7, 11) is 0. The highest BCUT2D eigenvalue weighted by Crippen LogP contribution is 2.22. The number of carbonyl (C=O) groups is 1. The molecule has 1 aliphatic rings. The molecular weight excluding hydrogens is 226 g/mol. The molecule has 1 heterocycles. The Balaban J connectivity index is 2.04. The number of nitrogens with zero attached hydrogens (tertiary/aromatic N) is 1. The summed E-state index contributed by atoms with van der Waals surface area (Å²) in [5, 5.41) is 0. The Bertz CT molecular complexity index is 428. The average Bonchev–Trinajstić information content (AvgIpc) is 2.92. The molecule has 0 spiro atoms. The minimum absolute atomic E-state index is 0.159. The van der Waals surface area contributed by atoms with Gasteiger partial charge < -0.3 is 9.64 Å². The zero-order valence-electron chi connectivity index (χ0n) is 10.9. The fraction of sp³-hybridized carbons (Fsp3) is 0.400. The zero-order chi connectivity index (χ0) is 13.0. The molecule has 0 fully saturated rings. The summed E-state index contributed by atoms with van der Waals surface area (Å²) in [6.45, 7) is 6.07. The summed E-state index contributed by atoms with van der Waals surface area (Å²) in [5.74, 6) is -0.358. The molecule has 0 aliphatic carbocycles. The van der Waals surface area contributed by atoms with Crippen LogP contribution in [0.5, 0.6) is 0 Å². The molecule has 0 N–H and O–H groups in total. The Morgan fingerprint density at radius 3 is 2.44 bits per heavy atom. The second-order valence-corrected chi connectivity index (χ2v) is 4.44. The molecule has 96 valence electrons. The lowest BCUT2D eigenvalue weighted by atomic mass is 10.0. The molecule has 0 radical (unpaired) electrons. The third kappa shape index (κ3) is 2.73. The van der Waals surface area contributed by atoms with Gasteiger partial charge in [-0.2, -0.15) is 0 Å². The summed E-state index contributed by atoms with van der Waals surface area (Å²) in [6, 6.07) is 8.15. The van der Waals surface area contributed by atoms with Crippen molar-refractivity contribution in [1.29, 1.82) is 0 Å². The fourth-order valence-corrected chi connectivity index (χ4v) is 2.07. The summed E-state index contributed by atoms with van der Waals surface area (Å²) >= 11 is 0. The molecule has 2 rings (SSSR count). The first-order valence-corrected chi connectivity index (χ1v) is 6.39. The van der Waals surface area contributed by atoms with E-state index in [2.05, 4.69) is 29.2 Å². The lowest BCUT2D eigenvalue weighted by Gasteiger charge is -2.18. The Labute approximate surface area is 108 Å². The maximum Gasteiger partial charge on any atom is 0.313 e. The largest absolute Gasteiger partial charge is 0.466 e. The maximum atomic E-state index is 11.6. The van der Waals surface area contributed by atoms with Gasteiger partial charge in [-0.05, 0) is 31.5 Å². The smallest absolute Gasteiger partial charge is 0.313 e. The number of benzene rings is 1. The molecule has 1 aromatic carbocycles. The second kappa shape index (κ2) is 5.71. The standard InChI is InChI=1S/C15H19NO2/c1-3-18-15(17)12(2)13-6-8-14(9-7-13)16-10-4-5-11-16/h4-9,12H,3,10-11H2,1-2H3. The number of carbonyl (C=O) groups excluding carboxylic acids is 1. The lowest BCUT2D eigenvalue weighted by Crippen LogP contribution is -2.18. The molecule has 1 aromatic rings. The highest BCUT2D eigenvalue weighted by atomic mass is 16.5. The van der Waals surface area contributed by atoms with Crippen molar-refractivity contribution < 1.29 is 9.53 Å². The third-order valence-electron chi connectivity index (χ3n) is 3.22. The van der Waals surface area contributed by atoms with E-state index in [0.29, 0.717) is 6.61 Å². The van der Waals surface area contributed by atoms with Gasteiger partial charge >= 0.3 is 5.97 Å². The quantitative estimate of drug-likeness (QED) is 0.603. The van der Waals surface area contributed by atoms with Crippen LogP contribution >= 0.6 is 0 Å². The molecule has 3 heteroatoms. The molecule has 0 aromatic heterocycles. The summed E-state index contributed by atoms with van der Waals surface area (Å²) in [6.07, 6.45) is 4.32. The van der Waals surface area contributed by atoms with Gasteiger partial charge in [0.05, 0.1) is 12.5 Å². The van der Waals surface area contributed by atoms with Crippen LogP contribution in [0.2, 0.25) is 0 Å². The Hall–Kier alpha value is -1.77. The highest BCUT2D eigenvalue weighted by molar-refractivity contribution is 5.77. The number of hydrogen-bond acceptors (Lipinski definition) is 3. The van der Waals surface area contributed by atoms with Gasteiger partial charge in [-0.1, -0.05) is 24.3 Å². The monoisotopic (exact) mass is 245 g/mol.